The standard InChI is InChI=1S/C10H12N2O4/c1-6-7(5-8(11)10(13)14)3-2-4-9(6)12(15)16/h2-4,8H,5,11H2,1H3,(H,13,14). The highest BCUT2D eigenvalue weighted by atomic mass is 16.6. The predicted molar refractivity (Wildman–Crippen MR) is 57.1 cm³/mol. The van der Waals surface area contributed by atoms with E-state index in [1.807, 2.05) is 0 Å². The second-order valence-electron chi connectivity index (χ2n) is 3.47. The number of hydrogen-bond donors (Lipinski definition) is 2. The van der Waals surface area contributed by atoms with Crippen molar-refractivity contribution in [3.8, 4) is 0 Å². The fourth-order valence-electron chi connectivity index (χ4n) is 1.41. The van der Waals surface area contributed by atoms with Crippen LogP contribution in [0.15, 0.2) is 18.2 Å². The van der Waals surface area contributed by atoms with Gasteiger partial charge in [0.15, 0.2) is 0 Å². The molecule has 0 aliphatic heterocycles. The van der Waals surface area contributed by atoms with Gasteiger partial charge in [-0.3, -0.25) is 14.9 Å². The quantitative estimate of drug-likeness (QED) is 0.582. The molecule has 1 atom stereocenters. The summed E-state index contributed by atoms with van der Waals surface area (Å²) in [6.45, 7) is 1.59. The lowest BCUT2D eigenvalue weighted by Crippen LogP contribution is -2.32. The van der Waals surface area contributed by atoms with Gasteiger partial charge in [0.25, 0.3) is 5.69 Å². The zero-order chi connectivity index (χ0) is 12.3. The maximum absolute atomic E-state index is 10.7. The third kappa shape index (κ3) is 2.54. The number of benzene rings is 1. The molecule has 0 amide bonds. The van der Waals surface area contributed by atoms with E-state index in [1.165, 1.54) is 12.1 Å². The van der Waals surface area contributed by atoms with Crippen molar-refractivity contribution in [3.05, 3.63) is 39.4 Å². The second kappa shape index (κ2) is 4.71. The summed E-state index contributed by atoms with van der Waals surface area (Å²) in [6.07, 6.45) is 0.0862. The van der Waals surface area contributed by atoms with Gasteiger partial charge in [0.05, 0.1) is 4.92 Å². The normalized spacial score (nSPS) is 12.1. The molecule has 3 N–H and O–H groups in total. The molecule has 0 saturated carbocycles. The Bertz CT molecular complexity index is 431. The molecule has 0 aliphatic carbocycles. The summed E-state index contributed by atoms with van der Waals surface area (Å²) < 4.78 is 0. The van der Waals surface area contributed by atoms with Crippen LogP contribution in [0.1, 0.15) is 11.1 Å². The summed E-state index contributed by atoms with van der Waals surface area (Å²) >= 11 is 0. The molecule has 0 aromatic heterocycles. The smallest absolute Gasteiger partial charge is 0.320 e. The minimum atomic E-state index is -1.12. The van der Waals surface area contributed by atoms with E-state index in [0.29, 0.717) is 11.1 Å². The zero-order valence-corrected chi connectivity index (χ0v) is 8.71. The highest BCUT2D eigenvalue weighted by Gasteiger charge is 2.18. The Balaban J connectivity index is 3.02. The van der Waals surface area contributed by atoms with Gasteiger partial charge in [-0.2, -0.15) is 0 Å². The monoisotopic (exact) mass is 224 g/mol. The third-order valence-corrected chi connectivity index (χ3v) is 2.37. The first-order chi connectivity index (χ1) is 7.43. The molecule has 1 rings (SSSR count). The first-order valence-corrected chi connectivity index (χ1v) is 4.64. The van der Waals surface area contributed by atoms with E-state index in [1.54, 1.807) is 13.0 Å². The first kappa shape index (κ1) is 12.1. The van der Waals surface area contributed by atoms with Crippen molar-refractivity contribution in [1.29, 1.82) is 0 Å². The maximum Gasteiger partial charge on any atom is 0.320 e. The van der Waals surface area contributed by atoms with E-state index in [4.69, 9.17) is 10.8 Å². The number of carboxylic acids is 1. The molecule has 0 saturated heterocycles. The van der Waals surface area contributed by atoms with Crippen LogP contribution in [-0.2, 0) is 11.2 Å². The summed E-state index contributed by atoms with van der Waals surface area (Å²) in [7, 11) is 0. The molecular weight excluding hydrogens is 212 g/mol. The molecule has 1 aromatic carbocycles. The zero-order valence-electron chi connectivity index (χ0n) is 8.71. The van der Waals surface area contributed by atoms with Gasteiger partial charge < -0.3 is 10.8 Å². The van der Waals surface area contributed by atoms with Gasteiger partial charge in [-0.15, -0.1) is 0 Å². The maximum atomic E-state index is 10.7. The van der Waals surface area contributed by atoms with Gasteiger partial charge in [-0.05, 0) is 18.9 Å². The average molecular weight is 224 g/mol. The van der Waals surface area contributed by atoms with Crippen molar-refractivity contribution in [3.63, 3.8) is 0 Å². The van der Waals surface area contributed by atoms with Gasteiger partial charge in [-0.1, -0.05) is 12.1 Å². The van der Waals surface area contributed by atoms with Crippen molar-refractivity contribution in [2.24, 2.45) is 5.73 Å². The minimum Gasteiger partial charge on any atom is -0.480 e. The first-order valence-electron chi connectivity index (χ1n) is 4.64. The third-order valence-electron chi connectivity index (χ3n) is 2.37. The van der Waals surface area contributed by atoms with E-state index >= 15 is 0 Å². The van der Waals surface area contributed by atoms with E-state index in [9.17, 15) is 14.9 Å². The van der Waals surface area contributed by atoms with Crippen LogP contribution in [0.4, 0.5) is 5.69 Å². The summed E-state index contributed by atoms with van der Waals surface area (Å²) in [5.74, 6) is -1.12. The highest BCUT2D eigenvalue weighted by molar-refractivity contribution is 5.73. The summed E-state index contributed by atoms with van der Waals surface area (Å²) in [4.78, 5) is 20.7. The number of aliphatic carboxylic acids is 1. The van der Waals surface area contributed by atoms with E-state index in [2.05, 4.69) is 0 Å². The van der Waals surface area contributed by atoms with Crippen molar-refractivity contribution in [1.82, 2.24) is 0 Å². The lowest BCUT2D eigenvalue weighted by atomic mass is 10.0. The van der Waals surface area contributed by atoms with Crippen LogP contribution in [0, 0.1) is 17.0 Å². The van der Waals surface area contributed by atoms with Gasteiger partial charge >= 0.3 is 5.97 Å². The highest BCUT2D eigenvalue weighted by Crippen LogP contribution is 2.21. The van der Waals surface area contributed by atoms with E-state index in [0.717, 1.165) is 0 Å². The largest absolute Gasteiger partial charge is 0.480 e. The van der Waals surface area contributed by atoms with Crippen molar-refractivity contribution in [2.75, 3.05) is 0 Å². The van der Waals surface area contributed by atoms with Crippen LogP contribution in [-0.4, -0.2) is 22.0 Å². The topological polar surface area (TPSA) is 106 Å². The summed E-state index contributed by atoms with van der Waals surface area (Å²) in [6, 6.07) is 3.51. The molecule has 0 heterocycles. The number of nitrogens with zero attached hydrogens (tertiary/aromatic N) is 1. The molecule has 16 heavy (non-hydrogen) atoms. The van der Waals surface area contributed by atoms with Crippen molar-refractivity contribution >= 4 is 11.7 Å². The minimum absolute atomic E-state index is 0.0184. The summed E-state index contributed by atoms with van der Waals surface area (Å²) in [5.41, 5.74) is 6.41. The number of hydrogen-bond acceptors (Lipinski definition) is 4. The molecule has 0 bridgehead atoms. The molecule has 0 spiro atoms. The van der Waals surface area contributed by atoms with E-state index in [-0.39, 0.29) is 12.1 Å². The Morgan fingerprint density at radius 3 is 2.75 bits per heavy atom. The Labute approximate surface area is 91.8 Å². The van der Waals surface area contributed by atoms with Crippen LogP contribution in [0.5, 0.6) is 0 Å². The lowest BCUT2D eigenvalue weighted by Gasteiger charge is -2.09. The van der Waals surface area contributed by atoms with E-state index < -0.39 is 16.9 Å². The molecule has 86 valence electrons. The second-order valence-corrected chi connectivity index (χ2v) is 3.47. The number of carboxylic acid groups (broad SMARTS) is 1. The number of carbonyl (C=O) groups is 1. The molecule has 0 radical (unpaired) electrons. The SMILES string of the molecule is Cc1c(CC(N)C(=O)O)cccc1[N+](=O)[O-]. The number of nitro groups is 1. The van der Waals surface area contributed by atoms with Crippen LogP contribution >= 0.6 is 0 Å². The lowest BCUT2D eigenvalue weighted by molar-refractivity contribution is -0.385. The van der Waals surface area contributed by atoms with Gasteiger partial charge in [0.2, 0.25) is 0 Å². The molecule has 0 fully saturated rings. The Morgan fingerprint density at radius 2 is 2.25 bits per heavy atom. The summed E-state index contributed by atoms with van der Waals surface area (Å²) in [5, 5.41) is 19.3. The number of rotatable bonds is 4. The van der Waals surface area contributed by atoms with Crippen LogP contribution in [0.2, 0.25) is 0 Å². The molecule has 6 heteroatoms. The fraction of sp³-hybridized carbons (Fsp3) is 0.300. The molecule has 0 aliphatic rings. The molecule has 1 unspecified atom stereocenters. The van der Waals surface area contributed by atoms with Gasteiger partial charge in [0.1, 0.15) is 6.04 Å². The average Bonchev–Trinajstić information content (AvgIpc) is 2.20. The Morgan fingerprint density at radius 1 is 1.62 bits per heavy atom. The van der Waals surface area contributed by atoms with Crippen molar-refractivity contribution in [2.45, 2.75) is 19.4 Å². The van der Waals surface area contributed by atoms with Gasteiger partial charge in [0, 0.05) is 11.6 Å². The van der Waals surface area contributed by atoms with Crippen LogP contribution in [0.25, 0.3) is 0 Å². The molecule has 6 nitrogen and oxygen atoms in total. The van der Waals surface area contributed by atoms with Crippen molar-refractivity contribution < 1.29 is 14.8 Å². The van der Waals surface area contributed by atoms with Crippen LogP contribution < -0.4 is 5.73 Å². The Kier molecular flexibility index (Phi) is 3.57. The number of nitrogens with two attached hydrogens (primary N) is 1. The molecular formula is C10H12N2O4. The number of nitro benzene ring substituents is 1. The Hall–Kier alpha value is -1.95. The van der Waals surface area contributed by atoms with Gasteiger partial charge in [-0.25, -0.2) is 0 Å². The predicted octanol–water partition coefficient (Wildman–Crippen LogP) is 0.858. The molecule has 1 aromatic rings. The fourth-order valence-corrected chi connectivity index (χ4v) is 1.41. The van der Waals surface area contributed by atoms with Crippen LogP contribution in [0.3, 0.4) is 0 Å².